The Kier molecular flexibility index (Phi) is 6.16. The van der Waals surface area contributed by atoms with Crippen LogP contribution in [-0.4, -0.2) is 54.5 Å². The molecule has 4 atom stereocenters. The van der Waals surface area contributed by atoms with Crippen molar-refractivity contribution in [2.75, 3.05) is 13.1 Å². The van der Waals surface area contributed by atoms with Gasteiger partial charge in [0.2, 0.25) is 0 Å². The van der Waals surface area contributed by atoms with Gasteiger partial charge >= 0.3 is 13.2 Å². The first-order valence-electron chi connectivity index (χ1n) is 12.3. The van der Waals surface area contributed by atoms with Crippen LogP contribution in [0, 0.1) is 23.2 Å². The Morgan fingerprint density at radius 3 is 2.09 bits per heavy atom. The predicted molar refractivity (Wildman–Crippen MR) is 131 cm³/mol. The van der Waals surface area contributed by atoms with Gasteiger partial charge in [-0.25, -0.2) is 4.79 Å². The van der Waals surface area contributed by atoms with Crippen LogP contribution in [-0.2, 0) is 20.5 Å². The van der Waals surface area contributed by atoms with Crippen LogP contribution < -0.4 is 11.2 Å². The second kappa shape index (κ2) is 8.28. The van der Waals surface area contributed by atoms with E-state index in [1.54, 1.807) is 0 Å². The molecule has 3 aliphatic rings. The van der Waals surface area contributed by atoms with E-state index in [0.29, 0.717) is 23.8 Å². The van der Waals surface area contributed by atoms with Crippen molar-refractivity contribution < 1.29 is 18.8 Å². The summed E-state index contributed by atoms with van der Waals surface area (Å²) >= 11 is 0. The quantitative estimate of drug-likeness (QED) is 0.663. The van der Waals surface area contributed by atoms with E-state index in [2.05, 4.69) is 84.6 Å². The molecule has 3 fully saturated rings. The van der Waals surface area contributed by atoms with Gasteiger partial charge in [0.25, 0.3) is 0 Å². The average Bonchev–Trinajstić information content (AvgIpc) is 3.04. The van der Waals surface area contributed by atoms with Gasteiger partial charge in [0.1, 0.15) is 6.10 Å². The summed E-state index contributed by atoms with van der Waals surface area (Å²) in [5, 5.41) is 0. The summed E-state index contributed by atoms with van der Waals surface area (Å²) in [6.07, 6.45) is 0.243. The Morgan fingerprint density at radius 2 is 1.64 bits per heavy atom. The van der Waals surface area contributed by atoms with E-state index < -0.39 is 6.09 Å². The number of hydrogen-bond acceptors (Lipinski definition) is 5. The molecule has 2 N–H and O–H groups in total. The van der Waals surface area contributed by atoms with E-state index >= 15 is 0 Å². The maximum atomic E-state index is 11.4. The lowest BCUT2D eigenvalue weighted by Crippen LogP contribution is -2.41. The third kappa shape index (κ3) is 4.82. The molecule has 0 aromatic heterocycles. The van der Waals surface area contributed by atoms with E-state index in [0.717, 1.165) is 25.0 Å². The van der Waals surface area contributed by atoms with Gasteiger partial charge in [-0.05, 0) is 69.3 Å². The van der Waals surface area contributed by atoms with E-state index in [4.69, 9.17) is 19.8 Å². The third-order valence-corrected chi connectivity index (χ3v) is 8.39. The fourth-order valence-electron chi connectivity index (χ4n) is 5.63. The van der Waals surface area contributed by atoms with Crippen molar-refractivity contribution in [1.82, 2.24) is 4.90 Å². The molecule has 6 nitrogen and oxygen atoms in total. The highest BCUT2D eigenvalue weighted by Gasteiger charge is 2.62. The molecular weight excluding hydrogens is 415 g/mol. The molecule has 3 unspecified atom stereocenters. The third-order valence-electron chi connectivity index (χ3n) is 8.39. The summed E-state index contributed by atoms with van der Waals surface area (Å²) < 4.78 is 17.9. The first-order chi connectivity index (χ1) is 15.2. The number of nitrogens with zero attached hydrogens (tertiary/aromatic N) is 1. The standard InChI is InChI=1S/C26H41BN2O4/c1-16(29-14-19-20(15-29)21(19)22(24(2,3)4)31-23(28)30)13-17-9-11-18(12-10-17)27-32-25(5,6)26(7,8)33-27/h9-12,16,19-22H,13-15H2,1-8H3,(H2,28,30)/t16-,19?,20?,21?,22?/m1/s1. The first kappa shape index (κ1) is 24.6. The molecule has 0 spiro atoms. The number of benzene rings is 1. The second-order valence-electron chi connectivity index (χ2n) is 12.5. The maximum absolute atomic E-state index is 11.4. The number of carbonyl (C=O) groups is 1. The van der Waals surface area contributed by atoms with E-state index in [1.165, 1.54) is 5.56 Å². The monoisotopic (exact) mass is 456 g/mol. The fourth-order valence-corrected chi connectivity index (χ4v) is 5.63. The second-order valence-corrected chi connectivity index (χ2v) is 12.5. The highest BCUT2D eigenvalue weighted by molar-refractivity contribution is 6.62. The number of hydrogen-bond donors (Lipinski definition) is 1. The van der Waals surface area contributed by atoms with Crippen LogP contribution in [0.4, 0.5) is 4.79 Å². The number of nitrogens with two attached hydrogens (primary N) is 1. The van der Waals surface area contributed by atoms with Gasteiger partial charge in [0.05, 0.1) is 11.2 Å². The molecule has 1 aliphatic carbocycles. The fraction of sp³-hybridized carbons (Fsp3) is 0.731. The van der Waals surface area contributed by atoms with Gasteiger partial charge in [0.15, 0.2) is 0 Å². The molecule has 1 amide bonds. The number of amides is 1. The Morgan fingerprint density at radius 1 is 1.12 bits per heavy atom. The number of primary amides is 1. The molecule has 33 heavy (non-hydrogen) atoms. The Balaban J connectivity index is 1.31. The summed E-state index contributed by atoms with van der Waals surface area (Å²) in [6.45, 7) is 19.1. The molecule has 1 aromatic rings. The van der Waals surface area contributed by atoms with Crippen LogP contribution in [0.1, 0.15) is 61.0 Å². The number of fused-ring (bicyclic) bond motifs is 1. The van der Waals surface area contributed by atoms with Crippen LogP contribution >= 0.6 is 0 Å². The van der Waals surface area contributed by atoms with Crippen molar-refractivity contribution in [3.63, 3.8) is 0 Å². The maximum Gasteiger partial charge on any atom is 0.494 e. The Bertz CT molecular complexity index is 851. The van der Waals surface area contributed by atoms with Crippen molar-refractivity contribution in [1.29, 1.82) is 0 Å². The molecule has 0 radical (unpaired) electrons. The van der Waals surface area contributed by atoms with Crippen LogP contribution in [0.25, 0.3) is 0 Å². The molecule has 1 aromatic carbocycles. The van der Waals surface area contributed by atoms with Crippen LogP contribution in [0.15, 0.2) is 24.3 Å². The van der Waals surface area contributed by atoms with E-state index in [1.807, 2.05) is 0 Å². The molecule has 0 bridgehead atoms. The minimum absolute atomic E-state index is 0.0978. The largest absolute Gasteiger partial charge is 0.494 e. The van der Waals surface area contributed by atoms with Crippen molar-refractivity contribution in [3.8, 4) is 0 Å². The van der Waals surface area contributed by atoms with Crippen molar-refractivity contribution in [2.24, 2.45) is 28.9 Å². The van der Waals surface area contributed by atoms with Gasteiger partial charge in [-0.2, -0.15) is 0 Å². The average molecular weight is 456 g/mol. The minimum Gasteiger partial charge on any atom is -0.446 e. The molecule has 1 saturated carbocycles. The van der Waals surface area contributed by atoms with Crippen molar-refractivity contribution in [2.45, 2.75) is 85.2 Å². The molecule has 7 heteroatoms. The number of carbonyl (C=O) groups excluding carboxylic acids is 1. The number of ether oxygens (including phenoxy) is 1. The van der Waals surface area contributed by atoms with Gasteiger partial charge < -0.3 is 19.8 Å². The zero-order valence-electron chi connectivity index (χ0n) is 21.6. The van der Waals surface area contributed by atoms with Crippen LogP contribution in [0.5, 0.6) is 0 Å². The van der Waals surface area contributed by atoms with E-state index in [9.17, 15) is 4.79 Å². The number of rotatable bonds is 6. The molecule has 2 heterocycles. The summed E-state index contributed by atoms with van der Waals surface area (Å²) in [6, 6.07) is 9.14. The van der Waals surface area contributed by atoms with Gasteiger partial charge in [-0.15, -0.1) is 0 Å². The highest BCUT2D eigenvalue weighted by Crippen LogP contribution is 2.57. The molecular formula is C26H41BN2O4. The number of piperidine rings is 1. The first-order valence-corrected chi connectivity index (χ1v) is 12.3. The Hall–Kier alpha value is -1.57. The SMILES string of the molecule is C[C@H](Cc1ccc(B2OC(C)(C)C(C)(C)O2)cc1)N1CC2C(C1)C2C(OC(N)=O)C(C)(C)C. The predicted octanol–water partition coefficient (Wildman–Crippen LogP) is 3.60. The van der Waals surface area contributed by atoms with Gasteiger partial charge in [-0.3, -0.25) is 4.90 Å². The lowest BCUT2D eigenvalue weighted by Gasteiger charge is -2.33. The van der Waals surface area contributed by atoms with Gasteiger partial charge in [0, 0.05) is 25.0 Å². The zero-order valence-corrected chi connectivity index (χ0v) is 21.6. The van der Waals surface area contributed by atoms with Crippen LogP contribution in [0.3, 0.4) is 0 Å². The normalized spacial score (nSPS) is 30.1. The zero-order chi connectivity index (χ0) is 24.3. The molecule has 182 valence electrons. The lowest BCUT2D eigenvalue weighted by atomic mass is 9.78. The molecule has 4 rings (SSSR count). The Labute approximate surface area is 199 Å². The summed E-state index contributed by atoms with van der Waals surface area (Å²) in [4.78, 5) is 14.0. The smallest absolute Gasteiger partial charge is 0.446 e. The topological polar surface area (TPSA) is 74.0 Å². The van der Waals surface area contributed by atoms with Crippen molar-refractivity contribution >= 4 is 18.7 Å². The number of likely N-dealkylation sites (tertiary alicyclic amines) is 1. The molecule has 2 saturated heterocycles. The summed E-state index contributed by atoms with van der Waals surface area (Å²) in [5.74, 6) is 1.63. The summed E-state index contributed by atoms with van der Waals surface area (Å²) in [7, 11) is -0.317. The van der Waals surface area contributed by atoms with Crippen molar-refractivity contribution in [3.05, 3.63) is 29.8 Å². The van der Waals surface area contributed by atoms with E-state index in [-0.39, 0.29) is 29.8 Å². The van der Waals surface area contributed by atoms with Crippen LogP contribution in [0.2, 0.25) is 0 Å². The highest BCUT2D eigenvalue weighted by atomic mass is 16.7. The lowest BCUT2D eigenvalue weighted by molar-refractivity contribution is 0.00578. The summed E-state index contributed by atoms with van der Waals surface area (Å²) in [5.41, 5.74) is 7.00. The minimum atomic E-state index is -0.658. The molecule has 2 aliphatic heterocycles. The van der Waals surface area contributed by atoms with Gasteiger partial charge in [-0.1, -0.05) is 45.0 Å².